The summed E-state index contributed by atoms with van der Waals surface area (Å²) in [6.45, 7) is 5.79. The third kappa shape index (κ3) is 3.67. The van der Waals surface area contributed by atoms with Gasteiger partial charge in [-0.25, -0.2) is 0 Å². The molecule has 0 saturated carbocycles. The van der Waals surface area contributed by atoms with Crippen LogP contribution in [0.5, 0.6) is 0 Å². The van der Waals surface area contributed by atoms with Crippen molar-refractivity contribution in [2.75, 3.05) is 43.1 Å². The topological polar surface area (TPSA) is 61.6 Å². The molecular weight excluding hydrogens is 264 g/mol. The van der Waals surface area contributed by atoms with E-state index in [9.17, 15) is 4.79 Å². The van der Waals surface area contributed by atoms with E-state index in [1.165, 1.54) is 6.92 Å². The van der Waals surface area contributed by atoms with Crippen molar-refractivity contribution >= 4 is 23.0 Å². The quantitative estimate of drug-likeness (QED) is 0.836. The molecule has 3 N–H and O–H groups in total. The summed E-state index contributed by atoms with van der Waals surface area (Å²) in [7, 11) is 4.25. The second-order valence-corrected chi connectivity index (χ2v) is 6.20. The minimum atomic E-state index is -0.0728. The van der Waals surface area contributed by atoms with Crippen LogP contribution in [0.1, 0.15) is 20.3 Å². The van der Waals surface area contributed by atoms with Gasteiger partial charge in [0, 0.05) is 31.7 Å². The highest BCUT2D eigenvalue weighted by Crippen LogP contribution is 2.32. The highest BCUT2D eigenvalue weighted by molar-refractivity contribution is 5.93. The van der Waals surface area contributed by atoms with Gasteiger partial charge in [0.25, 0.3) is 0 Å². The van der Waals surface area contributed by atoms with Crippen molar-refractivity contribution in [3.05, 3.63) is 18.2 Å². The van der Waals surface area contributed by atoms with Crippen LogP contribution in [0.3, 0.4) is 0 Å². The van der Waals surface area contributed by atoms with Crippen LogP contribution < -0.4 is 16.0 Å². The Morgan fingerprint density at radius 3 is 2.76 bits per heavy atom. The van der Waals surface area contributed by atoms with Gasteiger partial charge in [-0.05, 0) is 44.6 Å². The molecule has 0 spiro atoms. The van der Waals surface area contributed by atoms with E-state index in [1.54, 1.807) is 0 Å². The number of likely N-dealkylation sites (N-methyl/N-ethyl adjacent to an activating group) is 1. The van der Waals surface area contributed by atoms with Crippen molar-refractivity contribution in [1.82, 2.24) is 4.90 Å². The molecule has 1 unspecified atom stereocenters. The van der Waals surface area contributed by atoms with Gasteiger partial charge < -0.3 is 20.9 Å². The summed E-state index contributed by atoms with van der Waals surface area (Å²) in [4.78, 5) is 16.0. The lowest BCUT2D eigenvalue weighted by Gasteiger charge is -2.42. The molecule has 1 amide bonds. The molecule has 1 aliphatic rings. The molecule has 1 aliphatic heterocycles. The number of anilines is 3. The Bertz CT molecular complexity index is 515. The fourth-order valence-corrected chi connectivity index (χ4v) is 3.06. The number of carbonyl (C=O) groups excluding carboxylic acids is 1. The van der Waals surface area contributed by atoms with E-state index in [0.717, 1.165) is 30.9 Å². The van der Waals surface area contributed by atoms with Gasteiger partial charge in [-0.2, -0.15) is 0 Å². The van der Waals surface area contributed by atoms with Crippen LogP contribution in [0.4, 0.5) is 17.1 Å². The van der Waals surface area contributed by atoms with Crippen molar-refractivity contribution in [3.63, 3.8) is 0 Å². The average Bonchev–Trinajstić information content (AvgIpc) is 2.39. The van der Waals surface area contributed by atoms with Gasteiger partial charge in [-0.1, -0.05) is 6.92 Å². The first-order valence-corrected chi connectivity index (χ1v) is 7.47. The number of piperidine rings is 1. The van der Waals surface area contributed by atoms with Gasteiger partial charge in [0.1, 0.15) is 0 Å². The van der Waals surface area contributed by atoms with Crippen molar-refractivity contribution in [2.45, 2.75) is 26.3 Å². The van der Waals surface area contributed by atoms with Crippen LogP contribution >= 0.6 is 0 Å². The summed E-state index contributed by atoms with van der Waals surface area (Å²) < 4.78 is 0. The van der Waals surface area contributed by atoms with Crippen LogP contribution in [0.2, 0.25) is 0 Å². The number of nitrogens with zero attached hydrogens (tertiary/aromatic N) is 2. The summed E-state index contributed by atoms with van der Waals surface area (Å²) >= 11 is 0. The smallest absolute Gasteiger partial charge is 0.221 e. The molecule has 5 nitrogen and oxygen atoms in total. The largest absolute Gasteiger partial charge is 0.399 e. The Labute approximate surface area is 127 Å². The fourth-order valence-electron chi connectivity index (χ4n) is 3.06. The lowest BCUT2D eigenvalue weighted by atomic mass is 9.92. The molecule has 5 heteroatoms. The van der Waals surface area contributed by atoms with Crippen LogP contribution in [-0.4, -0.2) is 44.0 Å². The predicted molar refractivity (Wildman–Crippen MR) is 88.6 cm³/mol. The second kappa shape index (κ2) is 6.35. The van der Waals surface area contributed by atoms with E-state index in [4.69, 9.17) is 5.73 Å². The zero-order chi connectivity index (χ0) is 15.6. The molecule has 116 valence electrons. The van der Waals surface area contributed by atoms with Crippen LogP contribution in [0.25, 0.3) is 0 Å². The van der Waals surface area contributed by atoms with E-state index < -0.39 is 0 Å². The number of nitrogens with one attached hydrogen (secondary N) is 1. The number of carbonyl (C=O) groups is 1. The normalized spacial score (nSPS) is 22.4. The molecule has 0 aliphatic carbocycles. The summed E-state index contributed by atoms with van der Waals surface area (Å²) in [6.07, 6.45) is 1.15. The second-order valence-electron chi connectivity index (χ2n) is 6.20. The first-order valence-electron chi connectivity index (χ1n) is 7.47. The van der Waals surface area contributed by atoms with E-state index >= 15 is 0 Å². The van der Waals surface area contributed by atoms with E-state index in [0.29, 0.717) is 17.6 Å². The number of nitrogens with two attached hydrogens (primary N) is 1. The number of rotatable bonds is 3. The van der Waals surface area contributed by atoms with Crippen molar-refractivity contribution in [1.29, 1.82) is 0 Å². The SMILES string of the molecule is CC(=O)Nc1cc(N)ccc1N1CCC(C)[C@@H](N(C)C)C1. The summed E-state index contributed by atoms with van der Waals surface area (Å²) in [6, 6.07) is 6.24. The highest BCUT2D eigenvalue weighted by Gasteiger charge is 2.28. The van der Waals surface area contributed by atoms with Crippen molar-refractivity contribution < 1.29 is 4.79 Å². The highest BCUT2D eigenvalue weighted by atomic mass is 16.1. The van der Waals surface area contributed by atoms with Crippen molar-refractivity contribution in [2.24, 2.45) is 5.92 Å². The van der Waals surface area contributed by atoms with Crippen molar-refractivity contribution in [3.8, 4) is 0 Å². The van der Waals surface area contributed by atoms with Gasteiger partial charge >= 0.3 is 0 Å². The summed E-state index contributed by atoms with van der Waals surface area (Å²) in [5.41, 5.74) is 8.37. The van der Waals surface area contributed by atoms with Crippen LogP contribution in [0, 0.1) is 5.92 Å². The lowest BCUT2D eigenvalue weighted by molar-refractivity contribution is -0.114. The van der Waals surface area contributed by atoms with Gasteiger partial charge in [-0.3, -0.25) is 4.79 Å². The zero-order valence-corrected chi connectivity index (χ0v) is 13.4. The molecule has 0 bridgehead atoms. The van der Waals surface area contributed by atoms with Gasteiger partial charge in [0.05, 0.1) is 11.4 Å². The Morgan fingerprint density at radius 1 is 1.43 bits per heavy atom. The van der Waals surface area contributed by atoms with Gasteiger partial charge in [-0.15, -0.1) is 0 Å². The molecule has 0 radical (unpaired) electrons. The predicted octanol–water partition coefficient (Wildman–Crippen LogP) is 2.00. The first kappa shape index (κ1) is 15.6. The Morgan fingerprint density at radius 2 is 2.14 bits per heavy atom. The maximum absolute atomic E-state index is 11.4. The molecule has 1 aromatic rings. The molecule has 1 aromatic carbocycles. The number of hydrogen-bond donors (Lipinski definition) is 2. The van der Waals surface area contributed by atoms with Crippen LogP contribution in [-0.2, 0) is 4.79 Å². The molecule has 2 atom stereocenters. The summed E-state index contributed by atoms with van der Waals surface area (Å²) in [5, 5.41) is 2.89. The first-order chi connectivity index (χ1) is 9.88. The Kier molecular flexibility index (Phi) is 4.73. The lowest BCUT2D eigenvalue weighted by Crippen LogP contribution is -2.49. The maximum Gasteiger partial charge on any atom is 0.221 e. The van der Waals surface area contributed by atoms with E-state index in [2.05, 4.69) is 36.1 Å². The molecule has 21 heavy (non-hydrogen) atoms. The van der Waals surface area contributed by atoms with E-state index in [-0.39, 0.29) is 5.91 Å². The monoisotopic (exact) mass is 290 g/mol. The minimum Gasteiger partial charge on any atom is -0.399 e. The number of amides is 1. The molecule has 1 heterocycles. The number of hydrogen-bond acceptors (Lipinski definition) is 4. The Hall–Kier alpha value is -1.75. The molecule has 2 rings (SSSR count). The Balaban J connectivity index is 2.26. The molecule has 1 fully saturated rings. The van der Waals surface area contributed by atoms with Gasteiger partial charge in [0.2, 0.25) is 5.91 Å². The van der Waals surface area contributed by atoms with Crippen LogP contribution in [0.15, 0.2) is 18.2 Å². The molecule has 0 aromatic heterocycles. The fraction of sp³-hybridized carbons (Fsp3) is 0.562. The average molecular weight is 290 g/mol. The minimum absolute atomic E-state index is 0.0728. The molecule has 1 saturated heterocycles. The van der Waals surface area contributed by atoms with E-state index in [1.807, 2.05) is 18.2 Å². The zero-order valence-electron chi connectivity index (χ0n) is 13.4. The van der Waals surface area contributed by atoms with Gasteiger partial charge in [0.15, 0.2) is 0 Å². The summed E-state index contributed by atoms with van der Waals surface area (Å²) in [5.74, 6) is 0.602. The molecular formula is C16H26N4O. The third-order valence-corrected chi connectivity index (χ3v) is 4.25. The number of nitrogen functional groups attached to an aromatic ring is 1. The third-order valence-electron chi connectivity index (χ3n) is 4.25. The number of benzene rings is 1. The maximum atomic E-state index is 11.4. The standard InChI is InChI=1S/C16H26N4O/c1-11-7-8-20(10-16(11)19(3)4)15-6-5-13(17)9-14(15)18-12(2)21/h5-6,9,11,16H,7-8,10,17H2,1-4H3,(H,18,21)/t11?,16-/m0/s1.